The quantitative estimate of drug-likeness (QED) is 0.708. The van der Waals surface area contributed by atoms with Crippen LogP contribution in [0.4, 0.5) is 4.79 Å². The van der Waals surface area contributed by atoms with E-state index in [9.17, 15) is 14.7 Å². The third-order valence-corrected chi connectivity index (χ3v) is 3.09. The Bertz CT molecular complexity index is 488. The van der Waals surface area contributed by atoms with Crippen LogP contribution in [0.15, 0.2) is 24.3 Å². The first-order valence-electron chi connectivity index (χ1n) is 6.89. The highest BCUT2D eigenvalue weighted by molar-refractivity contribution is 5.87. The molecule has 1 atom stereocenters. The van der Waals surface area contributed by atoms with Gasteiger partial charge in [-0.25, -0.2) is 9.59 Å². The first-order chi connectivity index (χ1) is 9.90. The molecule has 1 unspecified atom stereocenters. The Morgan fingerprint density at radius 2 is 2.10 bits per heavy atom. The largest absolute Gasteiger partial charge is 0.478 e. The maximum Gasteiger partial charge on any atom is 0.335 e. The normalized spacial score (nSPS) is 11.8. The van der Waals surface area contributed by atoms with Crippen LogP contribution in [0.5, 0.6) is 0 Å². The fourth-order valence-electron chi connectivity index (χ4n) is 1.79. The molecule has 3 N–H and O–H groups in total. The van der Waals surface area contributed by atoms with Crippen LogP contribution in [0.3, 0.4) is 0 Å². The number of carboxylic acid groups (broad SMARTS) is 1. The Kier molecular flexibility index (Phi) is 6.68. The zero-order valence-electron chi connectivity index (χ0n) is 12.4. The van der Waals surface area contributed by atoms with Gasteiger partial charge in [0.1, 0.15) is 0 Å². The number of aromatic carboxylic acids is 1. The van der Waals surface area contributed by atoms with E-state index in [4.69, 9.17) is 5.11 Å². The molecule has 0 radical (unpaired) electrons. The van der Waals surface area contributed by atoms with E-state index in [1.54, 1.807) is 26.1 Å². The monoisotopic (exact) mass is 294 g/mol. The molecule has 6 heteroatoms. The van der Waals surface area contributed by atoms with Gasteiger partial charge in [-0.1, -0.05) is 12.1 Å². The summed E-state index contributed by atoms with van der Waals surface area (Å²) in [6.45, 7) is 2.60. The molecule has 0 saturated heterocycles. The van der Waals surface area contributed by atoms with Crippen LogP contribution in [-0.4, -0.2) is 53.4 Å². The van der Waals surface area contributed by atoms with E-state index in [0.29, 0.717) is 25.9 Å². The van der Waals surface area contributed by atoms with E-state index in [1.807, 2.05) is 6.07 Å². The molecule has 1 rings (SSSR count). The number of amides is 2. The number of urea groups is 1. The van der Waals surface area contributed by atoms with Gasteiger partial charge in [0.05, 0.1) is 11.7 Å². The van der Waals surface area contributed by atoms with Crippen LogP contribution in [0.1, 0.15) is 29.3 Å². The third kappa shape index (κ3) is 6.27. The van der Waals surface area contributed by atoms with Crippen molar-refractivity contribution in [2.24, 2.45) is 0 Å². The van der Waals surface area contributed by atoms with Crippen molar-refractivity contribution in [3.8, 4) is 0 Å². The third-order valence-electron chi connectivity index (χ3n) is 3.09. The van der Waals surface area contributed by atoms with Crippen molar-refractivity contribution in [1.29, 1.82) is 0 Å². The van der Waals surface area contributed by atoms with Crippen molar-refractivity contribution in [2.45, 2.75) is 25.9 Å². The predicted octanol–water partition coefficient (Wildman–Crippen LogP) is 1.34. The molecule has 0 heterocycles. The minimum absolute atomic E-state index is 0.204. The van der Waals surface area contributed by atoms with Crippen LogP contribution < -0.4 is 5.32 Å². The molecule has 1 aromatic rings. The lowest BCUT2D eigenvalue weighted by Crippen LogP contribution is -2.39. The number of rotatable bonds is 7. The van der Waals surface area contributed by atoms with Crippen molar-refractivity contribution < 1.29 is 19.8 Å². The van der Waals surface area contributed by atoms with Crippen molar-refractivity contribution >= 4 is 12.0 Å². The molecule has 21 heavy (non-hydrogen) atoms. The average molecular weight is 294 g/mol. The van der Waals surface area contributed by atoms with Crippen LogP contribution in [0.2, 0.25) is 0 Å². The van der Waals surface area contributed by atoms with Gasteiger partial charge < -0.3 is 20.4 Å². The average Bonchev–Trinajstić information content (AvgIpc) is 2.44. The maximum atomic E-state index is 11.8. The second kappa shape index (κ2) is 8.26. The Hall–Kier alpha value is -2.08. The first-order valence-corrected chi connectivity index (χ1v) is 6.89. The highest BCUT2D eigenvalue weighted by Crippen LogP contribution is 2.05. The van der Waals surface area contributed by atoms with Gasteiger partial charge in [-0.2, -0.15) is 0 Å². The smallest absolute Gasteiger partial charge is 0.335 e. The van der Waals surface area contributed by atoms with Crippen LogP contribution in [0.25, 0.3) is 0 Å². The molecule has 6 nitrogen and oxygen atoms in total. The van der Waals surface area contributed by atoms with Crippen LogP contribution >= 0.6 is 0 Å². The number of aliphatic hydroxyl groups is 1. The number of carbonyl (C=O) groups is 2. The summed E-state index contributed by atoms with van der Waals surface area (Å²) in [5.74, 6) is -0.959. The van der Waals surface area contributed by atoms with Crippen LogP contribution in [-0.2, 0) is 6.42 Å². The van der Waals surface area contributed by atoms with Gasteiger partial charge in [0.15, 0.2) is 0 Å². The van der Waals surface area contributed by atoms with E-state index in [0.717, 1.165) is 5.56 Å². The number of hydrogen-bond acceptors (Lipinski definition) is 3. The molecule has 1 aromatic carbocycles. The van der Waals surface area contributed by atoms with Crippen molar-refractivity contribution in [3.05, 3.63) is 35.4 Å². The molecule has 0 saturated carbocycles. The number of hydrogen-bond donors (Lipinski definition) is 3. The number of nitrogens with zero attached hydrogens (tertiary/aromatic N) is 1. The molecule has 0 aliphatic heterocycles. The molecule has 0 aliphatic carbocycles. The number of carboxylic acids is 1. The maximum absolute atomic E-state index is 11.8. The summed E-state index contributed by atoms with van der Waals surface area (Å²) in [4.78, 5) is 24.1. The second-order valence-electron chi connectivity index (χ2n) is 5.05. The van der Waals surface area contributed by atoms with E-state index in [2.05, 4.69) is 5.32 Å². The Morgan fingerprint density at radius 1 is 1.38 bits per heavy atom. The Balaban J connectivity index is 2.37. The molecule has 0 spiro atoms. The van der Waals surface area contributed by atoms with Gasteiger partial charge in [-0.05, 0) is 37.5 Å². The molecule has 0 bridgehead atoms. The first kappa shape index (κ1) is 17.0. The van der Waals surface area contributed by atoms with Crippen LogP contribution in [0, 0.1) is 0 Å². The zero-order chi connectivity index (χ0) is 15.8. The van der Waals surface area contributed by atoms with Crippen molar-refractivity contribution in [2.75, 3.05) is 20.1 Å². The van der Waals surface area contributed by atoms with Gasteiger partial charge >= 0.3 is 12.0 Å². The zero-order valence-corrected chi connectivity index (χ0v) is 12.4. The highest BCUT2D eigenvalue weighted by atomic mass is 16.4. The molecular weight excluding hydrogens is 272 g/mol. The Labute approximate surface area is 124 Å². The Morgan fingerprint density at radius 3 is 2.71 bits per heavy atom. The highest BCUT2D eigenvalue weighted by Gasteiger charge is 2.09. The summed E-state index contributed by atoms with van der Waals surface area (Å²) in [6.07, 6.45) is 0.667. The summed E-state index contributed by atoms with van der Waals surface area (Å²) < 4.78 is 0. The second-order valence-corrected chi connectivity index (χ2v) is 5.05. The molecule has 0 fully saturated rings. The lowest BCUT2D eigenvalue weighted by atomic mass is 10.1. The lowest BCUT2D eigenvalue weighted by Gasteiger charge is -2.18. The summed E-state index contributed by atoms with van der Waals surface area (Å²) in [6, 6.07) is 6.45. The molecule has 2 amide bonds. The minimum atomic E-state index is -0.959. The van der Waals surface area contributed by atoms with E-state index >= 15 is 0 Å². The number of aliphatic hydroxyl groups excluding tert-OH is 1. The fraction of sp³-hybridized carbons (Fsp3) is 0.467. The van der Waals surface area contributed by atoms with E-state index < -0.39 is 12.1 Å². The number of nitrogens with one attached hydrogen (secondary N) is 1. The van der Waals surface area contributed by atoms with E-state index in [1.165, 1.54) is 11.0 Å². The van der Waals surface area contributed by atoms with Gasteiger partial charge in [0.2, 0.25) is 0 Å². The topological polar surface area (TPSA) is 89.9 Å². The predicted molar refractivity (Wildman–Crippen MR) is 79.4 cm³/mol. The van der Waals surface area contributed by atoms with Gasteiger partial charge in [-0.15, -0.1) is 0 Å². The molecule has 116 valence electrons. The summed E-state index contributed by atoms with van der Waals surface area (Å²) >= 11 is 0. The number of benzene rings is 1. The fourth-order valence-corrected chi connectivity index (χ4v) is 1.79. The van der Waals surface area contributed by atoms with E-state index in [-0.39, 0.29) is 11.6 Å². The van der Waals surface area contributed by atoms with Gasteiger partial charge in [-0.3, -0.25) is 0 Å². The van der Waals surface area contributed by atoms with Crippen molar-refractivity contribution in [3.63, 3.8) is 0 Å². The molecule has 0 aliphatic rings. The summed E-state index contributed by atoms with van der Waals surface area (Å²) in [5, 5.41) is 20.8. The summed E-state index contributed by atoms with van der Waals surface area (Å²) in [7, 11) is 1.67. The summed E-state index contributed by atoms with van der Waals surface area (Å²) in [5.41, 5.74) is 1.11. The van der Waals surface area contributed by atoms with Crippen molar-refractivity contribution in [1.82, 2.24) is 10.2 Å². The minimum Gasteiger partial charge on any atom is -0.478 e. The molecule has 0 aromatic heterocycles. The molecular formula is C15H22N2O4. The van der Waals surface area contributed by atoms with Gasteiger partial charge in [0, 0.05) is 20.1 Å². The lowest BCUT2D eigenvalue weighted by molar-refractivity contribution is 0.0696. The number of carbonyl (C=O) groups excluding carboxylic acids is 1. The standard InChI is InChI=1S/C15H22N2O4/c1-11(18)7-9-17(2)15(21)16-8-6-12-4-3-5-13(10-12)14(19)20/h3-5,10-11,18H,6-9H2,1-2H3,(H,16,21)(H,19,20). The van der Waals surface area contributed by atoms with Gasteiger partial charge in [0.25, 0.3) is 0 Å². The SMILES string of the molecule is CC(O)CCN(C)C(=O)NCCc1cccc(C(=O)O)c1.